The van der Waals surface area contributed by atoms with Crippen LogP contribution >= 0.6 is 11.3 Å². The van der Waals surface area contributed by atoms with Gasteiger partial charge in [0.05, 0.1) is 12.6 Å². The van der Waals surface area contributed by atoms with Crippen molar-refractivity contribution in [1.29, 1.82) is 0 Å². The number of methoxy groups -OCH3 is 1. The zero-order chi connectivity index (χ0) is 11.3. The first-order chi connectivity index (χ1) is 7.19. The van der Waals surface area contributed by atoms with Crippen molar-refractivity contribution in [2.24, 2.45) is 5.92 Å². The Bertz CT molecular complexity index is 288. The van der Waals surface area contributed by atoms with E-state index in [2.05, 4.69) is 29.5 Å². The number of ether oxygens (including phenoxy) is 1. The van der Waals surface area contributed by atoms with E-state index in [1.54, 1.807) is 18.4 Å². The Labute approximate surface area is 95.9 Å². The van der Waals surface area contributed by atoms with Gasteiger partial charge in [0, 0.05) is 24.1 Å². The van der Waals surface area contributed by atoms with E-state index in [0.29, 0.717) is 12.0 Å². The van der Waals surface area contributed by atoms with Gasteiger partial charge in [-0.05, 0) is 13.5 Å². The number of hydrogen-bond donors (Lipinski definition) is 1. The summed E-state index contributed by atoms with van der Waals surface area (Å²) >= 11 is 1.72. The fourth-order valence-corrected chi connectivity index (χ4v) is 2.63. The van der Waals surface area contributed by atoms with Gasteiger partial charge in [-0.3, -0.25) is 0 Å². The molecule has 1 rings (SSSR count). The molecule has 3 nitrogen and oxygen atoms in total. The first-order valence-corrected chi connectivity index (χ1v) is 6.21. The van der Waals surface area contributed by atoms with Gasteiger partial charge in [0.2, 0.25) is 0 Å². The zero-order valence-electron chi connectivity index (χ0n) is 9.91. The second-order valence-electron chi connectivity index (χ2n) is 3.80. The lowest BCUT2D eigenvalue weighted by Gasteiger charge is -2.22. The van der Waals surface area contributed by atoms with E-state index in [1.165, 1.54) is 5.01 Å². The Morgan fingerprint density at radius 3 is 2.80 bits per heavy atom. The molecule has 1 heterocycles. The van der Waals surface area contributed by atoms with Crippen molar-refractivity contribution < 1.29 is 4.74 Å². The van der Waals surface area contributed by atoms with Crippen molar-refractivity contribution in [3.63, 3.8) is 0 Å². The van der Waals surface area contributed by atoms with Crippen molar-refractivity contribution in [2.45, 2.75) is 26.8 Å². The molecule has 86 valence electrons. The van der Waals surface area contributed by atoms with Crippen molar-refractivity contribution in [3.05, 3.63) is 16.1 Å². The number of aryl methyl sites for hydroxylation is 1. The van der Waals surface area contributed by atoms with Crippen LogP contribution in [0, 0.1) is 12.8 Å². The second-order valence-corrected chi connectivity index (χ2v) is 4.68. The summed E-state index contributed by atoms with van der Waals surface area (Å²) in [6.07, 6.45) is 0. The molecule has 0 bridgehead atoms. The molecule has 1 aromatic heterocycles. The topological polar surface area (TPSA) is 34.2 Å². The zero-order valence-corrected chi connectivity index (χ0v) is 10.7. The van der Waals surface area contributed by atoms with E-state index in [-0.39, 0.29) is 0 Å². The maximum atomic E-state index is 5.20. The summed E-state index contributed by atoms with van der Waals surface area (Å²) < 4.78 is 5.20. The molecule has 0 spiro atoms. The van der Waals surface area contributed by atoms with Crippen molar-refractivity contribution >= 4 is 11.3 Å². The molecule has 2 unspecified atom stereocenters. The molecule has 0 fully saturated rings. The Hall–Kier alpha value is -0.450. The molecule has 1 N–H and O–H groups in total. The van der Waals surface area contributed by atoms with Crippen molar-refractivity contribution in [2.75, 3.05) is 20.3 Å². The summed E-state index contributed by atoms with van der Waals surface area (Å²) in [5.41, 5.74) is 1.10. The molecule has 0 amide bonds. The third-order valence-electron chi connectivity index (χ3n) is 2.33. The molecule has 0 aliphatic heterocycles. The van der Waals surface area contributed by atoms with Crippen LogP contribution < -0.4 is 5.32 Å². The van der Waals surface area contributed by atoms with Crippen LogP contribution in [0.15, 0.2) is 5.38 Å². The van der Waals surface area contributed by atoms with Gasteiger partial charge in [0.25, 0.3) is 0 Å². The quantitative estimate of drug-likeness (QED) is 0.811. The lowest BCUT2D eigenvalue weighted by molar-refractivity contribution is 0.139. The molecule has 0 saturated carbocycles. The van der Waals surface area contributed by atoms with Crippen LogP contribution in [0.1, 0.15) is 30.6 Å². The van der Waals surface area contributed by atoms with Crippen LogP contribution in [0.4, 0.5) is 0 Å². The Morgan fingerprint density at radius 1 is 1.60 bits per heavy atom. The highest BCUT2D eigenvalue weighted by atomic mass is 32.1. The van der Waals surface area contributed by atoms with Crippen LogP contribution in [0.5, 0.6) is 0 Å². The summed E-state index contributed by atoms with van der Waals surface area (Å²) in [4.78, 5) is 4.53. The molecule has 0 radical (unpaired) electrons. The summed E-state index contributed by atoms with van der Waals surface area (Å²) in [7, 11) is 1.74. The third-order valence-corrected chi connectivity index (χ3v) is 3.37. The summed E-state index contributed by atoms with van der Waals surface area (Å²) in [6.45, 7) is 8.05. The summed E-state index contributed by atoms with van der Waals surface area (Å²) in [5.74, 6) is 0.445. The number of thiazole rings is 1. The highest BCUT2D eigenvalue weighted by Gasteiger charge is 2.20. The largest absolute Gasteiger partial charge is 0.384 e. The molecule has 0 saturated heterocycles. The Morgan fingerprint density at radius 2 is 2.33 bits per heavy atom. The maximum absolute atomic E-state index is 5.20. The van der Waals surface area contributed by atoms with Crippen LogP contribution in [-0.2, 0) is 4.74 Å². The smallest absolute Gasteiger partial charge is 0.110 e. The highest BCUT2D eigenvalue weighted by Crippen LogP contribution is 2.25. The van der Waals surface area contributed by atoms with Gasteiger partial charge in [-0.1, -0.05) is 13.8 Å². The first kappa shape index (κ1) is 12.6. The monoisotopic (exact) mass is 228 g/mol. The SMILES string of the molecule is CCNC(c1nc(C)cs1)C(C)COC. The lowest BCUT2D eigenvalue weighted by Crippen LogP contribution is -2.29. The molecular weight excluding hydrogens is 208 g/mol. The average molecular weight is 228 g/mol. The van der Waals surface area contributed by atoms with Crippen LogP contribution in [0.3, 0.4) is 0 Å². The number of rotatable bonds is 6. The minimum atomic E-state index is 0.314. The predicted molar refractivity (Wildman–Crippen MR) is 64.3 cm³/mol. The highest BCUT2D eigenvalue weighted by molar-refractivity contribution is 7.09. The van der Waals surface area contributed by atoms with E-state index in [4.69, 9.17) is 4.74 Å². The number of nitrogens with one attached hydrogen (secondary N) is 1. The molecule has 15 heavy (non-hydrogen) atoms. The van der Waals surface area contributed by atoms with Gasteiger partial charge in [-0.2, -0.15) is 0 Å². The van der Waals surface area contributed by atoms with E-state index in [1.807, 2.05) is 6.92 Å². The standard InChI is InChI=1S/C11H20N2OS/c1-5-12-10(8(2)6-14-4)11-13-9(3)7-15-11/h7-8,10,12H,5-6H2,1-4H3. The Balaban J connectivity index is 2.72. The molecular formula is C11H20N2OS. The molecule has 2 atom stereocenters. The maximum Gasteiger partial charge on any atom is 0.110 e. The van der Waals surface area contributed by atoms with Crippen LogP contribution in [0.25, 0.3) is 0 Å². The third kappa shape index (κ3) is 3.55. The first-order valence-electron chi connectivity index (χ1n) is 5.33. The number of aromatic nitrogens is 1. The molecule has 1 aromatic rings. The fourth-order valence-electron chi connectivity index (χ4n) is 1.63. The van der Waals surface area contributed by atoms with E-state index in [9.17, 15) is 0 Å². The minimum absolute atomic E-state index is 0.314. The van der Waals surface area contributed by atoms with E-state index < -0.39 is 0 Å². The van der Waals surface area contributed by atoms with Crippen molar-refractivity contribution in [3.8, 4) is 0 Å². The summed E-state index contributed by atoms with van der Waals surface area (Å²) in [6, 6.07) is 0.314. The molecule has 0 aliphatic rings. The molecule has 0 aromatic carbocycles. The van der Waals surface area contributed by atoms with Gasteiger partial charge in [-0.15, -0.1) is 11.3 Å². The predicted octanol–water partition coefficient (Wildman–Crippen LogP) is 2.38. The van der Waals surface area contributed by atoms with Crippen LogP contribution in [0.2, 0.25) is 0 Å². The van der Waals surface area contributed by atoms with Gasteiger partial charge >= 0.3 is 0 Å². The fraction of sp³-hybridized carbons (Fsp3) is 0.727. The van der Waals surface area contributed by atoms with Gasteiger partial charge in [-0.25, -0.2) is 4.98 Å². The average Bonchev–Trinajstić information content (AvgIpc) is 2.61. The number of nitrogens with zero attached hydrogens (tertiary/aromatic N) is 1. The Kier molecular flexibility index (Phi) is 5.22. The van der Waals surface area contributed by atoms with Gasteiger partial charge in [0.1, 0.15) is 5.01 Å². The van der Waals surface area contributed by atoms with Gasteiger partial charge < -0.3 is 10.1 Å². The molecule has 0 aliphatic carbocycles. The minimum Gasteiger partial charge on any atom is -0.384 e. The number of hydrogen-bond acceptors (Lipinski definition) is 4. The molecule has 4 heteroatoms. The van der Waals surface area contributed by atoms with Crippen LogP contribution in [-0.4, -0.2) is 25.2 Å². The van der Waals surface area contributed by atoms with E-state index >= 15 is 0 Å². The normalized spacial score (nSPS) is 15.2. The summed E-state index contributed by atoms with van der Waals surface area (Å²) in [5, 5.41) is 6.73. The second kappa shape index (κ2) is 6.20. The van der Waals surface area contributed by atoms with Gasteiger partial charge in [0.15, 0.2) is 0 Å². The van der Waals surface area contributed by atoms with E-state index in [0.717, 1.165) is 18.8 Å². The lowest BCUT2D eigenvalue weighted by atomic mass is 10.0. The van der Waals surface area contributed by atoms with Crippen molar-refractivity contribution in [1.82, 2.24) is 10.3 Å².